The van der Waals surface area contributed by atoms with Crippen LogP contribution >= 0.6 is 0 Å². The van der Waals surface area contributed by atoms with Crippen LogP contribution in [0.2, 0.25) is 0 Å². The van der Waals surface area contributed by atoms with Crippen molar-refractivity contribution in [3.8, 4) is 5.75 Å². The fraction of sp³-hybridized carbons (Fsp3) is 0.625. The minimum Gasteiger partial charge on any atom is -0.487 e. The summed E-state index contributed by atoms with van der Waals surface area (Å²) in [6.45, 7) is 4.17. The predicted molar refractivity (Wildman–Crippen MR) is 85.0 cm³/mol. The van der Waals surface area contributed by atoms with Gasteiger partial charge in [-0.3, -0.25) is 9.59 Å². The van der Waals surface area contributed by atoms with E-state index in [1.54, 1.807) is 22.9 Å². The number of nitrogens with zero attached hydrogens (tertiary/aromatic N) is 2. The Kier molecular flexibility index (Phi) is 6.00. The largest absolute Gasteiger partial charge is 0.487 e. The fourth-order valence-corrected chi connectivity index (χ4v) is 2.61. The van der Waals surface area contributed by atoms with Crippen molar-refractivity contribution in [1.82, 2.24) is 9.47 Å². The zero-order valence-electron chi connectivity index (χ0n) is 13.2. The average molecular weight is 307 g/mol. The van der Waals surface area contributed by atoms with Crippen molar-refractivity contribution in [3.05, 3.63) is 28.7 Å². The summed E-state index contributed by atoms with van der Waals surface area (Å²) in [6.07, 6.45) is 5.36. The number of pyridine rings is 1. The molecule has 1 amide bonds. The number of carbonyl (C=O) groups excluding carboxylic acids is 1. The molecule has 1 aliphatic heterocycles. The van der Waals surface area contributed by atoms with Crippen LogP contribution in [0.1, 0.15) is 38.6 Å². The summed E-state index contributed by atoms with van der Waals surface area (Å²) < 4.78 is 7.07. The fourth-order valence-electron chi connectivity index (χ4n) is 2.61. The molecule has 22 heavy (non-hydrogen) atoms. The molecule has 0 bridgehead atoms. The Morgan fingerprint density at radius 2 is 2.09 bits per heavy atom. The predicted octanol–water partition coefficient (Wildman–Crippen LogP) is 1.15. The molecule has 6 heteroatoms. The quantitative estimate of drug-likeness (QED) is 0.855. The molecule has 0 spiro atoms. The Balaban J connectivity index is 1.89. The van der Waals surface area contributed by atoms with E-state index in [0.29, 0.717) is 13.0 Å². The molecule has 1 atom stereocenters. The van der Waals surface area contributed by atoms with Crippen LogP contribution in [0.4, 0.5) is 0 Å². The first-order chi connectivity index (χ1) is 10.6. The molecule has 0 aromatic carbocycles. The van der Waals surface area contributed by atoms with Crippen molar-refractivity contribution >= 4 is 5.91 Å². The van der Waals surface area contributed by atoms with Gasteiger partial charge >= 0.3 is 0 Å². The Morgan fingerprint density at radius 1 is 1.36 bits per heavy atom. The second kappa shape index (κ2) is 7.98. The van der Waals surface area contributed by atoms with Crippen LogP contribution in [0.15, 0.2) is 23.1 Å². The van der Waals surface area contributed by atoms with Gasteiger partial charge in [0.2, 0.25) is 5.91 Å². The van der Waals surface area contributed by atoms with E-state index in [1.807, 2.05) is 11.8 Å². The summed E-state index contributed by atoms with van der Waals surface area (Å²) in [5, 5.41) is 0. The number of amides is 1. The molecule has 1 aliphatic rings. The molecule has 2 rings (SSSR count). The zero-order valence-corrected chi connectivity index (χ0v) is 13.2. The lowest BCUT2D eigenvalue weighted by Crippen LogP contribution is -2.36. The highest BCUT2D eigenvalue weighted by Gasteiger charge is 2.16. The molecule has 0 saturated carbocycles. The number of aromatic nitrogens is 1. The van der Waals surface area contributed by atoms with Crippen molar-refractivity contribution in [2.75, 3.05) is 26.2 Å². The Hall–Kier alpha value is -1.82. The summed E-state index contributed by atoms with van der Waals surface area (Å²) in [5.74, 6) is 0.375. The molecule has 1 unspecified atom stereocenters. The first kappa shape index (κ1) is 16.5. The first-order valence-corrected chi connectivity index (χ1v) is 7.95. The van der Waals surface area contributed by atoms with Gasteiger partial charge in [-0.25, -0.2) is 0 Å². The van der Waals surface area contributed by atoms with Gasteiger partial charge in [-0.05, 0) is 38.3 Å². The molecular formula is C16H25N3O3. The smallest absolute Gasteiger partial charge is 0.293 e. The summed E-state index contributed by atoms with van der Waals surface area (Å²) in [5.41, 5.74) is 5.39. The summed E-state index contributed by atoms with van der Waals surface area (Å²) in [7, 11) is 0. The van der Waals surface area contributed by atoms with E-state index in [4.69, 9.17) is 10.5 Å². The van der Waals surface area contributed by atoms with Crippen LogP contribution in [0.5, 0.6) is 5.75 Å². The SMILES string of the molecule is CC(CN)n1cccc(OCCC(=O)N2CCCCC2)c1=O. The van der Waals surface area contributed by atoms with Crippen LogP contribution in [-0.4, -0.2) is 41.6 Å². The summed E-state index contributed by atoms with van der Waals surface area (Å²) in [6, 6.07) is 3.31. The third-order valence-electron chi connectivity index (χ3n) is 4.04. The highest BCUT2D eigenvalue weighted by atomic mass is 16.5. The number of ether oxygens (including phenoxy) is 1. The van der Waals surface area contributed by atoms with Crippen LogP contribution in [0, 0.1) is 0 Å². The van der Waals surface area contributed by atoms with E-state index < -0.39 is 0 Å². The van der Waals surface area contributed by atoms with Crippen LogP contribution in [-0.2, 0) is 4.79 Å². The standard InChI is InChI=1S/C16H25N3O3/c1-13(12-17)19-10-5-6-14(16(19)21)22-11-7-15(20)18-8-3-2-4-9-18/h5-6,10,13H,2-4,7-9,11-12,17H2,1H3. The van der Waals surface area contributed by atoms with E-state index in [-0.39, 0.29) is 29.9 Å². The summed E-state index contributed by atoms with van der Waals surface area (Å²) >= 11 is 0. The van der Waals surface area contributed by atoms with Gasteiger partial charge in [0.1, 0.15) is 0 Å². The van der Waals surface area contributed by atoms with Crippen molar-refractivity contribution in [2.24, 2.45) is 5.73 Å². The molecule has 1 fully saturated rings. The van der Waals surface area contributed by atoms with Crippen LogP contribution in [0.25, 0.3) is 0 Å². The minimum atomic E-state index is -0.203. The molecule has 0 aliphatic carbocycles. The molecule has 2 heterocycles. The lowest BCUT2D eigenvalue weighted by molar-refractivity contribution is -0.132. The second-order valence-electron chi connectivity index (χ2n) is 5.71. The van der Waals surface area contributed by atoms with Crippen molar-refractivity contribution in [2.45, 2.75) is 38.6 Å². The van der Waals surface area contributed by atoms with Crippen molar-refractivity contribution in [1.29, 1.82) is 0 Å². The first-order valence-electron chi connectivity index (χ1n) is 7.95. The Labute approximate surface area is 130 Å². The lowest BCUT2D eigenvalue weighted by Gasteiger charge is -2.26. The van der Waals surface area contributed by atoms with Gasteiger partial charge in [0.25, 0.3) is 5.56 Å². The molecule has 6 nitrogen and oxygen atoms in total. The van der Waals surface area contributed by atoms with Gasteiger partial charge in [0, 0.05) is 31.9 Å². The molecular weight excluding hydrogens is 282 g/mol. The molecule has 122 valence electrons. The monoisotopic (exact) mass is 307 g/mol. The Morgan fingerprint density at radius 3 is 2.77 bits per heavy atom. The van der Waals surface area contributed by atoms with Gasteiger partial charge < -0.3 is 19.9 Å². The Bertz CT molecular complexity index is 550. The van der Waals surface area contributed by atoms with E-state index in [2.05, 4.69) is 0 Å². The minimum absolute atomic E-state index is 0.0777. The normalized spacial score (nSPS) is 16.4. The van der Waals surface area contributed by atoms with E-state index >= 15 is 0 Å². The number of rotatable bonds is 6. The van der Waals surface area contributed by atoms with E-state index in [0.717, 1.165) is 25.9 Å². The van der Waals surface area contributed by atoms with E-state index in [9.17, 15) is 9.59 Å². The molecule has 0 radical (unpaired) electrons. The van der Waals surface area contributed by atoms with Gasteiger partial charge in [-0.2, -0.15) is 0 Å². The topological polar surface area (TPSA) is 77.6 Å². The highest BCUT2D eigenvalue weighted by molar-refractivity contribution is 5.76. The molecule has 2 N–H and O–H groups in total. The third-order valence-corrected chi connectivity index (χ3v) is 4.04. The molecule has 1 aromatic heterocycles. The highest BCUT2D eigenvalue weighted by Crippen LogP contribution is 2.11. The van der Waals surface area contributed by atoms with Crippen LogP contribution in [0.3, 0.4) is 0 Å². The van der Waals surface area contributed by atoms with Crippen molar-refractivity contribution in [3.63, 3.8) is 0 Å². The molecule has 1 aromatic rings. The number of likely N-dealkylation sites (tertiary alicyclic amines) is 1. The van der Waals surface area contributed by atoms with Gasteiger partial charge in [-0.1, -0.05) is 0 Å². The maximum absolute atomic E-state index is 12.2. The molecule has 1 saturated heterocycles. The van der Waals surface area contributed by atoms with Crippen LogP contribution < -0.4 is 16.0 Å². The number of hydrogen-bond donors (Lipinski definition) is 1. The zero-order chi connectivity index (χ0) is 15.9. The second-order valence-corrected chi connectivity index (χ2v) is 5.71. The van der Waals surface area contributed by atoms with Crippen molar-refractivity contribution < 1.29 is 9.53 Å². The number of hydrogen-bond acceptors (Lipinski definition) is 4. The lowest BCUT2D eigenvalue weighted by atomic mass is 10.1. The van der Waals surface area contributed by atoms with E-state index in [1.165, 1.54) is 6.42 Å². The van der Waals surface area contributed by atoms with Gasteiger partial charge in [0.15, 0.2) is 5.75 Å². The maximum atomic E-state index is 12.2. The third kappa shape index (κ3) is 4.10. The van der Waals surface area contributed by atoms with Gasteiger partial charge in [0.05, 0.1) is 13.0 Å². The summed E-state index contributed by atoms with van der Waals surface area (Å²) in [4.78, 5) is 26.2. The maximum Gasteiger partial charge on any atom is 0.293 e. The van der Waals surface area contributed by atoms with Gasteiger partial charge in [-0.15, -0.1) is 0 Å². The number of piperidine rings is 1. The number of carbonyl (C=O) groups is 1. The average Bonchev–Trinajstić information content (AvgIpc) is 2.56. The number of nitrogens with two attached hydrogens (primary N) is 1.